The predicted octanol–water partition coefficient (Wildman–Crippen LogP) is 6.33. The van der Waals surface area contributed by atoms with Crippen molar-refractivity contribution < 1.29 is 27.8 Å². The van der Waals surface area contributed by atoms with Gasteiger partial charge in [0.25, 0.3) is 0 Å². The zero-order valence-corrected chi connectivity index (χ0v) is 18.9. The van der Waals surface area contributed by atoms with Crippen LogP contribution in [0.5, 0.6) is 5.75 Å². The minimum Gasteiger partial charge on any atom is -0.484 e. The summed E-state index contributed by atoms with van der Waals surface area (Å²) in [5.74, 6) is -1.25. The van der Waals surface area contributed by atoms with E-state index in [1.165, 1.54) is 31.2 Å². The van der Waals surface area contributed by atoms with Crippen LogP contribution in [-0.2, 0) is 6.18 Å². The second-order valence-corrected chi connectivity index (χ2v) is 8.76. The third kappa shape index (κ3) is 4.26. The average molecular weight is 498 g/mol. The molecule has 0 spiro atoms. The van der Waals surface area contributed by atoms with Gasteiger partial charge in [0.05, 0.1) is 22.8 Å². The molecule has 0 aliphatic heterocycles. The van der Waals surface area contributed by atoms with Gasteiger partial charge < -0.3 is 9.84 Å². The van der Waals surface area contributed by atoms with Crippen molar-refractivity contribution in [3.63, 3.8) is 0 Å². The van der Waals surface area contributed by atoms with Gasteiger partial charge in [-0.25, -0.2) is 9.78 Å². The highest BCUT2D eigenvalue weighted by atomic mass is 32.1. The molecule has 0 saturated carbocycles. The highest BCUT2D eigenvalue weighted by Crippen LogP contribution is 2.39. The molecule has 7 nitrogen and oxygen atoms in total. The lowest BCUT2D eigenvalue weighted by molar-refractivity contribution is -0.139. The van der Waals surface area contributed by atoms with Gasteiger partial charge in [-0.2, -0.15) is 18.3 Å². The van der Waals surface area contributed by atoms with E-state index in [9.17, 15) is 23.1 Å². The number of nitrogens with one attached hydrogen (secondary N) is 1. The molecule has 0 unspecified atom stereocenters. The Labute approximate surface area is 200 Å². The van der Waals surface area contributed by atoms with E-state index in [2.05, 4.69) is 15.2 Å². The molecule has 0 bridgehead atoms. The molecular formula is C24H17F3N4O3S. The lowest BCUT2D eigenvalue weighted by Gasteiger charge is -2.19. The molecule has 0 fully saturated rings. The number of fused-ring (bicyclic) bond motifs is 1. The van der Waals surface area contributed by atoms with Crippen molar-refractivity contribution in [2.24, 2.45) is 0 Å². The first-order valence-corrected chi connectivity index (χ1v) is 11.2. The number of aromatic amines is 1. The highest BCUT2D eigenvalue weighted by molar-refractivity contribution is 7.16. The number of hydrogen-bond acceptors (Lipinski definition) is 5. The first kappa shape index (κ1) is 22.7. The Hall–Kier alpha value is -4.12. The monoisotopic (exact) mass is 498 g/mol. The van der Waals surface area contributed by atoms with Gasteiger partial charge in [0.1, 0.15) is 23.2 Å². The van der Waals surface area contributed by atoms with Crippen LogP contribution in [0.3, 0.4) is 0 Å². The SMILES string of the molecule is C[C@@H](Oc1cc(-n2cnc3cc(-c4cn[nH]c4)ccc32)sc1C(=O)O)c1ccccc1C(F)(F)F. The first-order chi connectivity index (χ1) is 16.7. The molecule has 3 heterocycles. The van der Waals surface area contributed by atoms with Crippen LogP contribution in [0.4, 0.5) is 13.2 Å². The van der Waals surface area contributed by atoms with Crippen molar-refractivity contribution in [1.29, 1.82) is 0 Å². The number of carboxylic acids is 1. The van der Waals surface area contributed by atoms with Crippen molar-refractivity contribution in [2.45, 2.75) is 19.2 Å². The number of hydrogen-bond donors (Lipinski definition) is 2. The maximum absolute atomic E-state index is 13.4. The zero-order valence-electron chi connectivity index (χ0n) is 18.1. The summed E-state index contributed by atoms with van der Waals surface area (Å²) in [6.45, 7) is 1.46. The summed E-state index contributed by atoms with van der Waals surface area (Å²) in [5, 5.41) is 16.9. The molecule has 0 aliphatic carbocycles. The van der Waals surface area contributed by atoms with E-state index in [0.29, 0.717) is 10.5 Å². The third-order valence-electron chi connectivity index (χ3n) is 5.50. The smallest absolute Gasteiger partial charge is 0.416 e. The second-order valence-electron chi connectivity index (χ2n) is 7.73. The molecule has 178 valence electrons. The molecule has 1 atom stereocenters. The Bertz CT molecular complexity index is 1520. The zero-order chi connectivity index (χ0) is 24.7. The van der Waals surface area contributed by atoms with Crippen molar-refractivity contribution >= 4 is 28.3 Å². The van der Waals surface area contributed by atoms with Gasteiger partial charge in [-0.15, -0.1) is 11.3 Å². The van der Waals surface area contributed by atoms with Gasteiger partial charge >= 0.3 is 12.1 Å². The summed E-state index contributed by atoms with van der Waals surface area (Å²) < 4.78 is 47.8. The van der Waals surface area contributed by atoms with Gasteiger partial charge in [-0.05, 0) is 30.7 Å². The minimum atomic E-state index is -4.56. The van der Waals surface area contributed by atoms with E-state index in [0.717, 1.165) is 34.0 Å². The highest BCUT2D eigenvalue weighted by Gasteiger charge is 2.35. The summed E-state index contributed by atoms with van der Waals surface area (Å²) in [4.78, 5) is 16.2. The number of aromatic nitrogens is 4. The molecule has 3 aromatic heterocycles. The number of carboxylic acid groups (broad SMARTS) is 1. The summed E-state index contributed by atoms with van der Waals surface area (Å²) in [5.41, 5.74) is 2.32. The summed E-state index contributed by atoms with van der Waals surface area (Å²) in [7, 11) is 0. The number of ether oxygens (including phenoxy) is 1. The van der Waals surface area contributed by atoms with Gasteiger partial charge in [0, 0.05) is 23.4 Å². The summed E-state index contributed by atoms with van der Waals surface area (Å²) in [6.07, 6.45) is -0.580. The molecule has 0 aliphatic rings. The van der Waals surface area contributed by atoms with E-state index in [4.69, 9.17) is 4.74 Å². The van der Waals surface area contributed by atoms with Crippen molar-refractivity contribution in [2.75, 3.05) is 0 Å². The molecular weight excluding hydrogens is 481 g/mol. The van der Waals surface area contributed by atoms with Gasteiger partial charge in [-0.1, -0.05) is 24.3 Å². The number of benzene rings is 2. The second kappa shape index (κ2) is 8.58. The van der Waals surface area contributed by atoms with E-state index in [1.807, 2.05) is 18.2 Å². The largest absolute Gasteiger partial charge is 0.484 e. The normalized spacial score (nSPS) is 12.7. The number of aromatic carboxylic acids is 1. The van der Waals surface area contributed by atoms with E-state index in [-0.39, 0.29) is 16.2 Å². The fraction of sp³-hybridized carbons (Fsp3) is 0.125. The van der Waals surface area contributed by atoms with Gasteiger partial charge in [0.15, 0.2) is 4.88 Å². The number of H-pyrrole nitrogens is 1. The molecule has 0 amide bonds. The third-order valence-corrected chi connectivity index (χ3v) is 6.61. The molecule has 35 heavy (non-hydrogen) atoms. The number of carbonyl (C=O) groups is 1. The summed E-state index contributed by atoms with van der Waals surface area (Å²) in [6, 6.07) is 12.2. The van der Waals surface area contributed by atoms with Crippen LogP contribution in [-0.4, -0.2) is 30.8 Å². The fourth-order valence-electron chi connectivity index (χ4n) is 3.86. The Morgan fingerprint density at radius 3 is 2.69 bits per heavy atom. The predicted molar refractivity (Wildman–Crippen MR) is 124 cm³/mol. The quantitative estimate of drug-likeness (QED) is 0.285. The van der Waals surface area contributed by atoms with E-state index < -0.39 is 23.8 Å². The van der Waals surface area contributed by atoms with Crippen LogP contribution in [0, 0.1) is 0 Å². The Kier molecular flexibility index (Phi) is 5.56. The minimum absolute atomic E-state index is 0.0150. The maximum atomic E-state index is 13.4. The number of alkyl halides is 3. The Morgan fingerprint density at radius 1 is 1.17 bits per heavy atom. The van der Waals surface area contributed by atoms with Crippen LogP contribution in [0.25, 0.3) is 27.2 Å². The number of rotatable bonds is 6. The standard InChI is InChI=1S/C24H17F3N4O3S/c1-13(16-4-2-3-5-17(16)24(25,26)27)34-20-9-21(35-22(20)23(32)33)31-12-28-18-8-14(6-7-19(18)31)15-10-29-30-11-15/h2-13H,1H3,(H,29,30)(H,32,33)/t13-/m1/s1. The van der Waals surface area contributed by atoms with Crippen LogP contribution in [0.1, 0.15) is 33.8 Å². The number of imidazole rings is 1. The van der Waals surface area contributed by atoms with Crippen molar-refractivity contribution in [3.05, 3.63) is 83.3 Å². The van der Waals surface area contributed by atoms with Crippen LogP contribution >= 0.6 is 11.3 Å². The number of nitrogens with zero attached hydrogens (tertiary/aromatic N) is 3. The molecule has 2 N–H and O–H groups in total. The van der Waals surface area contributed by atoms with Crippen LogP contribution in [0.2, 0.25) is 0 Å². The average Bonchev–Trinajstić information content (AvgIpc) is 3.57. The molecule has 5 rings (SSSR count). The molecule has 0 radical (unpaired) electrons. The molecule has 0 saturated heterocycles. The first-order valence-electron chi connectivity index (χ1n) is 10.4. The topological polar surface area (TPSA) is 93.0 Å². The van der Waals surface area contributed by atoms with Gasteiger partial charge in [-0.3, -0.25) is 9.67 Å². The lowest BCUT2D eigenvalue weighted by atomic mass is 10.0. The lowest BCUT2D eigenvalue weighted by Crippen LogP contribution is -2.14. The maximum Gasteiger partial charge on any atom is 0.416 e. The van der Waals surface area contributed by atoms with Gasteiger partial charge in [0.2, 0.25) is 0 Å². The fourth-order valence-corrected chi connectivity index (χ4v) is 4.77. The molecule has 11 heteroatoms. The summed E-state index contributed by atoms with van der Waals surface area (Å²) >= 11 is 0.950. The van der Waals surface area contributed by atoms with E-state index >= 15 is 0 Å². The van der Waals surface area contributed by atoms with Crippen molar-refractivity contribution in [1.82, 2.24) is 19.7 Å². The number of halogens is 3. The Balaban J connectivity index is 1.50. The van der Waals surface area contributed by atoms with Crippen LogP contribution in [0.15, 0.2) is 67.3 Å². The Morgan fingerprint density at radius 2 is 1.97 bits per heavy atom. The molecule has 2 aromatic carbocycles. The molecule has 5 aromatic rings. The number of thiophene rings is 1. The van der Waals surface area contributed by atoms with Crippen molar-refractivity contribution in [3.8, 4) is 21.9 Å². The van der Waals surface area contributed by atoms with E-state index in [1.54, 1.807) is 23.3 Å². The van der Waals surface area contributed by atoms with Crippen LogP contribution < -0.4 is 4.74 Å².